The highest BCUT2D eigenvalue weighted by atomic mass is 16.5. The Labute approximate surface area is 191 Å². The first kappa shape index (κ1) is 22.3. The molecule has 0 aliphatic heterocycles. The molecule has 4 rings (SSSR count). The highest BCUT2D eigenvalue weighted by Crippen LogP contribution is 2.22. The number of aryl methyl sites for hydroxylation is 2. The molecule has 4 heterocycles. The van der Waals surface area contributed by atoms with Gasteiger partial charge in [0.2, 0.25) is 5.88 Å². The molecular formula is C24H26N6O3. The number of ether oxygens (including phenoxy) is 2. The van der Waals surface area contributed by atoms with Crippen LogP contribution < -0.4 is 4.74 Å². The number of aromatic nitrogens is 6. The van der Waals surface area contributed by atoms with Crippen LogP contribution in [0.2, 0.25) is 0 Å². The first-order valence-corrected chi connectivity index (χ1v) is 10.9. The van der Waals surface area contributed by atoms with E-state index in [2.05, 4.69) is 25.1 Å². The van der Waals surface area contributed by atoms with Crippen molar-refractivity contribution >= 4 is 17.0 Å². The number of pyridine rings is 3. The Kier molecular flexibility index (Phi) is 7.19. The fourth-order valence-corrected chi connectivity index (χ4v) is 3.58. The third kappa shape index (κ3) is 5.68. The third-order valence-electron chi connectivity index (χ3n) is 5.24. The number of nitrogens with zero attached hydrogens (tertiary/aromatic N) is 6. The van der Waals surface area contributed by atoms with E-state index < -0.39 is 6.04 Å². The normalized spacial score (nSPS) is 11.9. The number of esters is 1. The van der Waals surface area contributed by atoms with E-state index in [4.69, 9.17) is 9.47 Å². The number of rotatable bonds is 10. The minimum Gasteiger partial charge on any atom is -0.481 e. The first-order valence-electron chi connectivity index (χ1n) is 10.9. The molecule has 1 unspecified atom stereocenters. The van der Waals surface area contributed by atoms with Crippen LogP contribution >= 0.6 is 0 Å². The number of carbonyl (C=O) groups excluding carboxylic acids is 1. The number of carbonyl (C=O) groups is 1. The molecule has 0 aliphatic rings. The Morgan fingerprint density at radius 3 is 2.73 bits per heavy atom. The lowest BCUT2D eigenvalue weighted by atomic mass is 10.1. The van der Waals surface area contributed by atoms with Crippen molar-refractivity contribution < 1.29 is 14.3 Å². The second kappa shape index (κ2) is 10.6. The molecule has 0 N–H and O–H groups in total. The van der Waals surface area contributed by atoms with Gasteiger partial charge in [-0.2, -0.15) is 15.0 Å². The van der Waals surface area contributed by atoms with Gasteiger partial charge in [-0.1, -0.05) is 0 Å². The second-order valence-electron chi connectivity index (χ2n) is 7.52. The highest BCUT2D eigenvalue weighted by molar-refractivity contribution is 5.74. The molecule has 0 amide bonds. The van der Waals surface area contributed by atoms with Gasteiger partial charge in [-0.15, -0.1) is 0 Å². The van der Waals surface area contributed by atoms with Crippen LogP contribution in [-0.4, -0.2) is 49.6 Å². The number of hydrogen-bond acceptors (Lipinski definition) is 8. The van der Waals surface area contributed by atoms with Crippen molar-refractivity contribution in [2.75, 3.05) is 13.7 Å². The summed E-state index contributed by atoms with van der Waals surface area (Å²) in [6, 6.07) is 11.2. The average Bonchev–Trinajstić information content (AvgIpc) is 3.31. The van der Waals surface area contributed by atoms with Gasteiger partial charge in [0.15, 0.2) is 5.65 Å². The van der Waals surface area contributed by atoms with Gasteiger partial charge < -0.3 is 9.47 Å². The third-order valence-corrected chi connectivity index (χ3v) is 5.24. The summed E-state index contributed by atoms with van der Waals surface area (Å²) in [5, 5.41) is 10.1. The van der Waals surface area contributed by atoms with Gasteiger partial charge in [-0.05, 0) is 62.1 Å². The molecule has 0 saturated heterocycles. The maximum atomic E-state index is 12.2. The molecule has 0 radical (unpaired) electrons. The zero-order valence-corrected chi connectivity index (χ0v) is 18.7. The Bertz CT molecular complexity index is 1210. The van der Waals surface area contributed by atoms with Crippen molar-refractivity contribution in [1.29, 1.82) is 0 Å². The molecule has 1 atom stereocenters. The molecule has 170 valence electrons. The van der Waals surface area contributed by atoms with E-state index in [9.17, 15) is 4.79 Å². The standard InChI is InChI=1S/C24H26N6O3/c1-3-33-23(31)14-21(18-10-12-22(32-2)26-15-18)30-27-16-20(29-30)8-4-7-19-11-9-17-6-5-13-25-24(17)28-19/h5-6,9-13,15-16,21H,3-4,7-8,14H2,1-2H3. The topological polar surface area (TPSA) is 105 Å². The van der Waals surface area contributed by atoms with Crippen molar-refractivity contribution in [3.05, 3.63) is 71.9 Å². The summed E-state index contributed by atoms with van der Waals surface area (Å²) in [5.41, 5.74) is 3.41. The van der Waals surface area contributed by atoms with Crippen LogP contribution in [0.4, 0.5) is 0 Å². The highest BCUT2D eigenvalue weighted by Gasteiger charge is 2.22. The zero-order valence-electron chi connectivity index (χ0n) is 18.7. The number of methoxy groups -OCH3 is 1. The molecule has 9 heteroatoms. The molecule has 0 aliphatic carbocycles. The van der Waals surface area contributed by atoms with Gasteiger partial charge in [0.25, 0.3) is 0 Å². The zero-order chi connectivity index (χ0) is 23.0. The minimum atomic E-state index is -0.413. The van der Waals surface area contributed by atoms with E-state index in [1.165, 1.54) is 0 Å². The van der Waals surface area contributed by atoms with E-state index in [0.29, 0.717) is 12.5 Å². The molecule has 9 nitrogen and oxygen atoms in total. The van der Waals surface area contributed by atoms with Crippen LogP contribution in [-0.2, 0) is 22.4 Å². The van der Waals surface area contributed by atoms with Crippen molar-refractivity contribution in [1.82, 2.24) is 29.9 Å². The molecular weight excluding hydrogens is 420 g/mol. The van der Waals surface area contributed by atoms with Crippen LogP contribution in [0.5, 0.6) is 5.88 Å². The minimum absolute atomic E-state index is 0.115. The van der Waals surface area contributed by atoms with Crippen molar-refractivity contribution in [3.8, 4) is 5.88 Å². The van der Waals surface area contributed by atoms with Crippen LogP contribution in [0.15, 0.2) is 55.0 Å². The summed E-state index contributed by atoms with van der Waals surface area (Å²) >= 11 is 0. The lowest BCUT2D eigenvalue weighted by molar-refractivity contribution is -0.143. The molecule has 4 aromatic rings. The molecule has 33 heavy (non-hydrogen) atoms. The van der Waals surface area contributed by atoms with Gasteiger partial charge in [0.05, 0.1) is 32.0 Å². The molecule has 0 fully saturated rings. The summed E-state index contributed by atoms with van der Waals surface area (Å²) in [4.78, 5) is 27.0. The largest absolute Gasteiger partial charge is 0.481 e. The second-order valence-corrected chi connectivity index (χ2v) is 7.52. The van der Waals surface area contributed by atoms with Crippen molar-refractivity contribution in [3.63, 3.8) is 0 Å². The van der Waals surface area contributed by atoms with E-state index in [0.717, 1.165) is 47.2 Å². The van der Waals surface area contributed by atoms with E-state index >= 15 is 0 Å². The van der Waals surface area contributed by atoms with Gasteiger partial charge in [0, 0.05) is 29.5 Å². The molecule has 0 aromatic carbocycles. The Hall–Kier alpha value is -3.88. The van der Waals surface area contributed by atoms with Crippen LogP contribution in [0, 0.1) is 0 Å². The number of fused-ring (bicyclic) bond motifs is 1. The fourth-order valence-electron chi connectivity index (χ4n) is 3.58. The predicted octanol–water partition coefficient (Wildman–Crippen LogP) is 3.34. The quantitative estimate of drug-likeness (QED) is 0.342. The van der Waals surface area contributed by atoms with Crippen molar-refractivity contribution in [2.24, 2.45) is 0 Å². The summed E-state index contributed by atoms with van der Waals surface area (Å²) in [5.74, 6) is 0.188. The van der Waals surface area contributed by atoms with E-state index in [1.807, 2.05) is 30.3 Å². The first-order chi connectivity index (χ1) is 16.2. The number of hydrogen-bond donors (Lipinski definition) is 0. The lowest BCUT2D eigenvalue weighted by Crippen LogP contribution is -2.19. The van der Waals surface area contributed by atoms with Gasteiger partial charge in [-0.25, -0.2) is 15.0 Å². The van der Waals surface area contributed by atoms with Crippen LogP contribution in [0.25, 0.3) is 11.0 Å². The average molecular weight is 447 g/mol. The van der Waals surface area contributed by atoms with Gasteiger partial charge >= 0.3 is 5.97 Å². The summed E-state index contributed by atoms with van der Waals surface area (Å²) in [7, 11) is 1.56. The Balaban J connectivity index is 1.43. The molecule has 0 saturated carbocycles. The van der Waals surface area contributed by atoms with Gasteiger partial charge in [0.1, 0.15) is 6.04 Å². The Morgan fingerprint density at radius 1 is 1.06 bits per heavy atom. The molecule has 0 bridgehead atoms. The predicted molar refractivity (Wildman–Crippen MR) is 122 cm³/mol. The monoisotopic (exact) mass is 446 g/mol. The smallest absolute Gasteiger partial charge is 0.308 e. The summed E-state index contributed by atoms with van der Waals surface area (Å²) < 4.78 is 10.3. The lowest BCUT2D eigenvalue weighted by Gasteiger charge is -2.16. The molecule has 4 aromatic heterocycles. The summed E-state index contributed by atoms with van der Waals surface area (Å²) in [6.45, 7) is 2.11. The fraction of sp³-hybridized carbons (Fsp3) is 0.333. The van der Waals surface area contributed by atoms with Crippen LogP contribution in [0.3, 0.4) is 0 Å². The SMILES string of the molecule is CCOC(=O)CC(c1ccc(OC)nc1)n1ncc(CCCc2ccc3cccnc3n2)n1. The van der Waals surface area contributed by atoms with Gasteiger partial charge in [-0.3, -0.25) is 4.79 Å². The maximum absolute atomic E-state index is 12.2. The molecule has 0 spiro atoms. The van der Waals surface area contributed by atoms with Crippen molar-refractivity contribution in [2.45, 2.75) is 38.6 Å². The van der Waals surface area contributed by atoms with Crippen LogP contribution in [0.1, 0.15) is 42.8 Å². The summed E-state index contributed by atoms with van der Waals surface area (Å²) in [6.07, 6.45) is 7.71. The van der Waals surface area contributed by atoms with E-state index in [1.54, 1.807) is 43.5 Å². The maximum Gasteiger partial charge on any atom is 0.308 e. The Morgan fingerprint density at radius 2 is 1.94 bits per heavy atom. The van der Waals surface area contributed by atoms with E-state index in [-0.39, 0.29) is 12.4 Å².